The number of amides is 1. The molecule has 6 nitrogen and oxygen atoms in total. The van der Waals surface area contributed by atoms with Crippen LogP contribution in [-0.4, -0.2) is 15.5 Å². The Morgan fingerprint density at radius 2 is 1.96 bits per heavy atom. The van der Waals surface area contributed by atoms with Crippen LogP contribution in [-0.2, 0) is 17.9 Å². The zero-order chi connectivity index (χ0) is 16.9. The van der Waals surface area contributed by atoms with E-state index >= 15 is 0 Å². The lowest BCUT2D eigenvalue weighted by Crippen LogP contribution is -2.35. The minimum absolute atomic E-state index is 0.0967. The number of nitrogens with one attached hydrogen (secondary N) is 2. The second kappa shape index (κ2) is 7.27. The molecule has 124 valence electrons. The third kappa shape index (κ3) is 3.62. The molecule has 2 aromatic heterocycles. The van der Waals surface area contributed by atoms with E-state index in [9.17, 15) is 14.4 Å². The second-order valence-electron chi connectivity index (χ2n) is 5.42. The summed E-state index contributed by atoms with van der Waals surface area (Å²) >= 11 is 1.30. The first kappa shape index (κ1) is 16.2. The number of nitrogens with zero attached hydrogens (tertiary/aromatic N) is 1. The standard InChI is InChI=1S/C17H17N3O3S/c21-14(18-11-12-5-2-1-3-6-12)7-4-9-20-16(22)15-13(8-10-24-15)19-17(20)23/h1-3,5-6,8,10H,4,7,9,11H2,(H,18,21)(H,19,23). The molecule has 0 aliphatic carbocycles. The SMILES string of the molecule is O=C(CCCn1c(=O)[nH]c2ccsc2c1=O)NCc1ccccc1. The number of carbonyl (C=O) groups excluding carboxylic acids is 1. The highest BCUT2D eigenvalue weighted by Crippen LogP contribution is 2.12. The number of thiophene rings is 1. The molecule has 0 radical (unpaired) electrons. The molecule has 2 heterocycles. The fourth-order valence-corrected chi connectivity index (χ4v) is 3.25. The van der Waals surface area contributed by atoms with Crippen LogP contribution in [0.1, 0.15) is 18.4 Å². The number of carbonyl (C=O) groups is 1. The third-order valence-corrected chi connectivity index (χ3v) is 4.61. The Hall–Kier alpha value is -2.67. The summed E-state index contributed by atoms with van der Waals surface area (Å²) in [5.41, 5.74) is 0.859. The minimum atomic E-state index is -0.435. The summed E-state index contributed by atoms with van der Waals surface area (Å²) in [6, 6.07) is 11.3. The highest BCUT2D eigenvalue weighted by Gasteiger charge is 2.09. The van der Waals surface area contributed by atoms with Crippen molar-refractivity contribution in [3.63, 3.8) is 0 Å². The molecule has 0 unspecified atom stereocenters. The van der Waals surface area contributed by atoms with E-state index < -0.39 is 5.69 Å². The molecule has 0 fully saturated rings. The van der Waals surface area contributed by atoms with Gasteiger partial charge in [0.1, 0.15) is 4.70 Å². The van der Waals surface area contributed by atoms with Crippen molar-refractivity contribution in [2.45, 2.75) is 25.9 Å². The van der Waals surface area contributed by atoms with Crippen molar-refractivity contribution >= 4 is 27.5 Å². The summed E-state index contributed by atoms with van der Waals surface area (Å²) in [7, 11) is 0. The van der Waals surface area contributed by atoms with Gasteiger partial charge in [0.15, 0.2) is 0 Å². The quantitative estimate of drug-likeness (QED) is 0.716. The van der Waals surface area contributed by atoms with E-state index in [0.29, 0.717) is 23.2 Å². The van der Waals surface area contributed by atoms with Gasteiger partial charge in [0.05, 0.1) is 5.52 Å². The molecule has 3 rings (SSSR count). The average Bonchev–Trinajstić information content (AvgIpc) is 3.05. The number of aromatic amines is 1. The van der Waals surface area contributed by atoms with Crippen molar-refractivity contribution in [2.24, 2.45) is 0 Å². The van der Waals surface area contributed by atoms with Gasteiger partial charge in [-0.25, -0.2) is 4.79 Å². The van der Waals surface area contributed by atoms with Gasteiger partial charge >= 0.3 is 5.69 Å². The molecule has 0 saturated heterocycles. The van der Waals surface area contributed by atoms with E-state index in [0.717, 1.165) is 10.1 Å². The zero-order valence-electron chi connectivity index (χ0n) is 13.0. The third-order valence-electron chi connectivity index (χ3n) is 3.71. The van der Waals surface area contributed by atoms with Crippen molar-refractivity contribution in [1.82, 2.24) is 14.9 Å². The number of aromatic nitrogens is 2. The van der Waals surface area contributed by atoms with E-state index in [4.69, 9.17) is 0 Å². The average molecular weight is 343 g/mol. The van der Waals surface area contributed by atoms with Crippen LogP contribution >= 0.6 is 11.3 Å². The molecular formula is C17H17N3O3S. The first-order valence-corrected chi connectivity index (χ1v) is 8.54. The van der Waals surface area contributed by atoms with E-state index in [1.165, 1.54) is 11.3 Å². The molecule has 0 spiro atoms. The minimum Gasteiger partial charge on any atom is -0.352 e. The normalized spacial score (nSPS) is 10.8. The highest BCUT2D eigenvalue weighted by atomic mass is 32.1. The summed E-state index contributed by atoms with van der Waals surface area (Å²) in [6.45, 7) is 0.697. The van der Waals surface area contributed by atoms with Crippen LogP contribution in [0.4, 0.5) is 0 Å². The van der Waals surface area contributed by atoms with Crippen molar-refractivity contribution in [1.29, 1.82) is 0 Å². The largest absolute Gasteiger partial charge is 0.352 e. The number of H-pyrrole nitrogens is 1. The topological polar surface area (TPSA) is 84.0 Å². The van der Waals surface area contributed by atoms with E-state index in [1.54, 1.807) is 11.4 Å². The Kier molecular flexibility index (Phi) is 4.90. The molecular weight excluding hydrogens is 326 g/mol. The number of hydrogen-bond acceptors (Lipinski definition) is 4. The lowest BCUT2D eigenvalue weighted by molar-refractivity contribution is -0.121. The van der Waals surface area contributed by atoms with Gasteiger partial charge in [0.25, 0.3) is 5.56 Å². The molecule has 2 N–H and O–H groups in total. The van der Waals surface area contributed by atoms with Gasteiger partial charge in [-0.3, -0.25) is 14.2 Å². The summed E-state index contributed by atoms with van der Waals surface area (Å²) < 4.78 is 1.69. The Labute approximate surface area is 141 Å². The molecule has 1 amide bonds. The molecule has 0 saturated carbocycles. The Balaban J connectivity index is 1.56. The van der Waals surface area contributed by atoms with Gasteiger partial charge < -0.3 is 10.3 Å². The number of hydrogen-bond donors (Lipinski definition) is 2. The van der Waals surface area contributed by atoms with Crippen LogP contribution in [0.2, 0.25) is 0 Å². The van der Waals surface area contributed by atoms with Gasteiger partial charge in [-0.1, -0.05) is 30.3 Å². The Morgan fingerprint density at radius 3 is 2.75 bits per heavy atom. The maximum absolute atomic E-state index is 12.2. The Bertz CT molecular complexity index is 956. The van der Waals surface area contributed by atoms with E-state index in [-0.39, 0.29) is 24.4 Å². The first-order valence-electron chi connectivity index (χ1n) is 7.66. The smallest absolute Gasteiger partial charge is 0.328 e. The lowest BCUT2D eigenvalue weighted by Gasteiger charge is -2.06. The van der Waals surface area contributed by atoms with Gasteiger partial charge in [-0.2, -0.15) is 0 Å². The molecule has 0 aliphatic rings. The number of fused-ring (bicyclic) bond motifs is 1. The number of benzene rings is 1. The summed E-state index contributed by atoms with van der Waals surface area (Å²) in [4.78, 5) is 38.7. The van der Waals surface area contributed by atoms with E-state index in [2.05, 4.69) is 10.3 Å². The molecule has 0 atom stereocenters. The van der Waals surface area contributed by atoms with Gasteiger partial charge in [-0.15, -0.1) is 11.3 Å². The predicted octanol–water partition coefficient (Wildman–Crippen LogP) is 1.85. The van der Waals surface area contributed by atoms with Crippen LogP contribution in [0.15, 0.2) is 51.4 Å². The van der Waals surface area contributed by atoms with Crippen molar-refractivity contribution < 1.29 is 4.79 Å². The molecule has 1 aromatic carbocycles. The molecule has 0 bridgehead atoms. The first-order chi connectivity index (χ1) is 11.6. The van der Waals surface area contributed by atoms with Crippen LogP contribution in [0.25, 0.3) is 10.2 Å². The maximum Gasteiger partial charge on any atom is 0.328 e. The van der Waals surface area contributed by atoms with Crippen molar-refractivity contribution in [3.05, 3.63) is 68.2 Å². The van der Waals surface area contributed by atoms with Gasteiger partial charge in [0.2, 0.25) is 5.91 Å². The summed E-state index contributed by atoms with van der Waals surface area (Å²) in [5, 5.41) is 4.60. The Morgan fingerprint density at radius 1 is 1.17 bits per heavy atom. The van der Waals surface area contributed by atoms with Crippen molar-refractivity contribution in [2.75, 3.05) is 0 Å². The molecule has 7 heteroatoms. The van der Waals surface area contributed by atoms with Crippen LogP contribution < -0.4 is 16.6 Å². The monoisotopic (exact) mass is 343 g/mol. The van der Waals surface area contributed by atoms with E-state index in [1.807, 2.05) is 30.3 Å². The van der Waals surface area contributed by atoms with Crippen LogP contribution in [0.5, 0.6) is 0 Å². The molecule has 3 aromatic rings. The predicted molar refractivity (Wildman–Crippen MR) is 94.2 cm³/mol. The molecule has 0 aliphatic heterocycles. The lowest BCUT2D eigenvalue weighted by atomic mass is 10.2. The number of rotatable bonds is 6. The fourth-order valence-electron chi connectivity index (χ4n) is 2.46. The van der Waals surface area contributed by atoms with Crippen LogP contribution in [0, 0.1) is 0 Å². The summed E-state index contributed by atoms with van der Waals surface area (Å²) in [6.07, 6.45) is 0.696. The van der Waals surface area contributed by atoms with Gasteiger partial charge in [-0.05, 0) is 23.4 Å². The highest BCUT2D eigenvalue weighted by molar-refractivity contribution is 7.17. The zero-order valence-corrected chi connectivity index (χ0v) is 13.8. The second-order valence-corrected chi connectivity index (χ2v) is 6.33. The maximum atomic E-state index is 12.2. The van der Waals surface area contributed by atoms with Crippen molar-refractivity contribution in [3.8, 4) is 0 Å². The van der Waals surface area contributed by atoms with Crippen LogP contribution in [0.3, 0.4) is 0 Å². The molecule has 24 heavy (non-hydrogen) atoms. The fraction of sp³-hybridized carbons (Fsp3) is 0.235. The van der Waals surface area contributed by atoms with Gasteiger partial charge in [0, 0.05) is 19.5 Å². The summed E-state index contributed by atoms with van der Waals surface area (Å²) in [5.74, 6) is -0.0967.